The number of hydrogen-bond acceptors (Lipinski definition) is 2. The molecule has 0 aromatic heterocycles. The predicted molar refractivity (Wildman–Crippen MR) is 160 cm³/mol. The van der Waals surface area contributed by atoms with Gasteiger partial charge in [-0.2, -0.15) is 0 Å². The molecule has 1 unspecified atom stereocenters. The van der Waals surface area contributed by atoms with Crippen LogP contribution in [-0.4, -0.2) is 11.6 Å². The van der Waals surface area contributed by atoms with E-state index in [-0.39, 0.29) is 5.78 Å². The third-order valence-corrected chi connectivity index (χ3v) is 7.92. The Labute approximate surface area is 230 Å². The summed E-state index contributed by atoms with van der Waals surface area (Å²) >= 11 is 0. The van der Waals surface area contributed by atoms with Crippen molar-refractivity contribution in [3.8, 4) is 0 Å². The van der Waals surface area contributed by atoms with Crippen LogP contribution in [0.3, 0.4) is 0 Å². The van der Waals surface area contributed by atoms with Gasteiger partial charge in [-0.05, 0) is 102 Å². The van der Waals surface area contributed by atoms with Crippen LogP contribution in [0.15, 0.2) is 54.6 Å². The molecule has 0 heterocycles. The van der Waals surface area contributed by atoms with Crippen LogP contribution in [0.4, 0.5) is 0 Å². The molecule has 3 rings (SSSR count). The average molecular weight is 511 g/mol. The van der Waals surface area contributed by atoms with Crippen LogP contribution in [0.5, 0.6) is 0 Å². The first-order chi connectivity index (χ1) is 18.1. The lowest BCUT2D eigenvalue weighted by Gasteiger charge is -2.19. The number of carbonyl (C=O) groups excluding carboxylic acids is 2. The number of rotatable bonds is 13. The fraction of sp³-hybridized carbons (Fsp3) is 0.444. The van der Waals surface area contributed by atoms with E-state index >= 15 is 0 Å². The average Bonchev–Trinajstić information content (AvgIpc) is 2.89. The van der Waals surface area contributed by atoms with Crippen molar-refractivity contribution in [1.29, 1.82) is 0 Å². The number of aryl methyl sites for hydroxylation is 4. The molecule has 38 heavy (non-hydrogen) atoms. The highest BCUT2D eigenvalue weighted by molar-refractivity contribution is 5.96. The van der Waals surface area contributed by atoms with Crippen LogP contribution in [-0.2, 0) is 24.1 Å². The predicted octanol–water partition coefficient (Wildman–Crippen LogP) is 9.08. The summed E-state index contributed by atoms with van der Waals surface area (Å²) in [6, 6.07) is 19.1. The maximum atomic E-state index is 13.1. The van der Waals surface area contributed by atoms with E-state index < -0.39 is 0 Å². The molecule has 202 valence electrons. The van der Waals surface area contributed by atoms with E-state index in [1.165, 1.54) is 45.4 Å². The summed E-state index contributed by atoms with van der Waals surface area (Å²) in [7, 11) is 0. The van der Waals surface area contributed by atoms with Gasteiger partial charge in [0.05, 0.1) is 0 Å². The number of Topliss-reactive ketones (excluding diaryl/α,β-unsaturated/α-hetero) is 2. The first-order valence-corrected chi connectivity index (χ1v) is 14.4. The van der Waals surface area contributed by atoms with E-state index in [9.17, 15) is 9.59 Å². The van der Waals surface area contributed by atoms with Crippen molar-refractivity contribution < 1.29 is 9.59 Å². The Hall–Kier alpha value is -3.00. The smallest absolute Gasteiger partial charge is 0.162 e. The van der Waals surface area contributed by atoms with Crippen molar-refractivity contribution in [2.45, 2.75) is 99.3 Å². The van der Waals surface area contributed by atoms with Gasteiger partial charge in [0, 0.05) is 24.8 Å². The third-order valence-electron chi connectivity index (χ3n) is 7.92. The van der Waals surface area contributed by atoms with Gasteiger partial charge in [-0.15, -0.1) is 0 Å². The monoisotopic (exact) mass is 510 g/mol. The SMILES string of the molecule is CCC(=O)c1cccc(Cc2ccc(CCC(=O)Cc3cc(C)c(C)cc3C(C)CCC(C)C)cc2C)c1. The Morgan fingerprint density at radius 2 is 1.50 bits per heavy atom. The lowest BCUT2D eigenvalue weighted by Crippen LogP contribution is -2.10. The second-order valence-corrected chi connectivity index (χ2v) is 11.6. The van der Waals surface area contributed by atoms with E-state index in [4.69, 9.17) is 0 Å². The molecule has 0 saturated heterocycles. The maximum Gasteiger partial charge on any atom is 0.162 e. The van der Waals surface area contributed by atoms with Crippen LogP contribution in [0.1, 0.15) is 114 Å². The molecular weight excluding hydrogens is 464 g/mol. The minimum Gasteiger partial charge on any atom is -0.299 e. The zero-order valence-electron chi connectivity index (χ0n) is 24.6. The van der Waals surface area contributed by atoms with Gasteiger partial charge in [-0.3, -0.25) is 9.59 Å². The van der Waals surface area contributed by atoms with Crippen molar-refractivity contribution in [3.05, 3.63) is 105 Å². The number of hydrogen-bond donors (Lipinski definition) is 0. The Kier molecular flexibility index (Phi) is 10.6. The zero-order valence-corrected chi connectivity index (χ0v) is 24.6. The molecule has 2 nitrogen and oxygen atoms in total. The molecule has 3 aromatic rings. The number of benzene rings is 3. The van der Waals surface area contributed by atoms with Crippen molar-refractivity contribution in [3.63, 3.8) is 0 Å². The van der Waals surface area contributed by atoms with E-state index in [0.29, 0.717) is 36.9 Å². The standard InChI is InChI=1S/C36H46O2/c1-8-36(38)32-11-9-10-30(22-32)21-31-16-14-29(18-28(31)7)15-17-34(37)23-33-19-26(5)27(6)20-35(33)25(4)13-12-24(2)3/h9-11,14,16,18-20,22,24-25H,8,12-13,15,17,21,23H2,1-7H3. The highest BCUT2D eigenvalue weighted by Crippen LogP contribution is 2.29. The first-order valence-electron chi connectivity index (χ1n) is 14.4. The molecule has 0 aliphatic heterocycles. The fourth-order valence-electron chi connectivity index (χ4n) is 5.22. The normalized spacial score (nSPS) is 12.1. The van der Waals surface area contributed by atoms with Gasteiger partial charge >= 0.3 is 0 Å². The van der Waals surface area contributed by atoms with E-state index in [1.54, 1.807) is 0 Å². The van der Waals surface area contributed by atoms with Crippen molar-refractivity contribution >= 4 is 11.6 Å². The number of ketones is 2. The summed E-state index contributed by atoms with van der Waals surface area (Å²) < 4.78 is 0. The molecule has 0 N–H and O–H groups in total. The van der Waals surface area contributed by atoms with Crippen molar-refractivity contribution in [2.75, 3.05) is 0 Å². The number of carbonyl (C=O) groups is 2. The summed E-state index contributed by atoms with van der Waals surface area (Å²) in [5, 5.41) is 0. The molecule has 0 amide bonds. The Balaban J connectivity index is 1.64. The van der Waals surface area contributed by atoms with Crippen LogP contribution in [0, 0.1) is 26.7 Å². The van der Waals surface area contributed by atoms with Crippen molar-refractivity contribution in [1.82, 2.24) is 0 Å². The van der Waals surface area contributed by atoms with Crippen LogP contribution >= 0.6 is 0 Å². The van der Waals surface area contributed by atoms with Gasteiger partial charge in [-0.1, -0.05) is 82.6 Å². The molecule has 0 aliphatic carbocycles. The van der Waals surface area contributed by atoms with Crippen LogP contribution < -0.4 is 0 Å². The molecule has 0 radical (unpaired) electrons. The van der Waals surface area contributed by atoms with Crippen molar-refractivity contribution in [2.24, 2.45) is 5.92 Å². The lowest BCUT2D eigenvalue weighted by molar-refractivity contribution is -0.118. The Morgan fingerprint density at radius 3 is 2.18 bits per heavy atom. The van der Waals surface area contributed by atoms with E-state index in [0.717, 1.165) is 30.4 Å². The summed E-state index contributed by atoms with van der Waals surface area (Å²) in [4.78, 5) is 25.2. The summed E-state index contributed by atoms with van der Waals surface area (Å²) in [5.41, 5.74) is 10.8. The first kappa shape index (κ1) is 29.6. The van der Waals surface area contributed by atoms with Gasteiger partial charge in [0.2, 0.25) is 0 Å². The Bertz CT molecular complexity index is 1260. The van der Waals surface area contributed by atoms with Gasteiger partial charge in [0.25, 0.3) is 0 Å². The van der Waals surface area contributed by atoms with Gasteiger partial charge in [0.15, 0.2) is 5.78 Å². The molecule has 0 saturated carbocycles. The minimum atomic E-state index is 0.182. The minimum absolute atomic E-state index is 0.182. The van der Waals surface area contributed by atoms with E-state index in [2.05, 4.69) is 77.9 Å². The second kappa shape index (κ2) is 13.7. The van der Waals surface area contributed by atoms with Crippen LogP contribution in [0.2, 0.25) is 0 Å². The van der Waals surface area contributed by atoms with Gasteiger partial charge in [-0.25, -0.2) is 0 Å². The highest BCUT2D eigenvalue weighted by Gasteiger charge is 2.16. The summed E-state index contributed by atoms with van der Waals surface area (Å²) in [6.07, 6.45) is 5.55. The van der Waals surface area contributed by atoms with Crippen LogP contribution in [0.25, 0.3) is 0 Å². The van der Waals surface area contributed by atoms with Gasteiger partial charge in [0.1, 0.15) is 5.78 Å². The summed E-state index contributed by atoms with van der Waals surface area (Å²) in [6.45, 7) is 15.2. The molecule has 0 fully saturated rings. The second-order valence-electron chi connectivity index (χ2n) is 11.6. The topological polar surface area (TPSA) is 34.1 Å². The maximum absolute atomic E-state index is 13.1. The fourth-order valence-corrected chi connectivity index (χ4v) is 5.22. The quantitative estimate of drug-likeness (QED) is 0.215. The molecule has 0 bridgehead atoms. The lowest BCUT2D eigenvalue weighted by atomic mass is 9.85. The largest absolute Gasteiger partial charge is 0.299 e. The summed E-state index contributed by atoms with van der Waals surface area (Å²) in [5.74, 6) is 1.65. The zero-order chi connectivity index (χ0) is 27.8. The molecule has 1 atom stereocenters. The Morgan fingerprint density at radius 1 is 0.763 bits per heavy atom. The highest BCUT2D eigenvalue weighted by atomic mass is 16.1. The van der Waals surface area contributed by atoms with Gasteiger partial charge < -0.3 is 0 Å². The third kappa shape index (κ3) is 8.25. The molecule has 0 aliphatic rings. The van der Waals surface area contributed by atoms with E-state index in [1.807, 2.05) is 25.1 Å². The molecular formula is C36H46O2. The molecule has 3 aromatic carbocycles. The molecule has 2 heteroatoms. The molecule has 0 spiro atoms.